The lowest BCUT2D eigenvalue weighted by molar-refractivity contribution is -0.143. The van der Waals surface area contributed by atoms with Crippen LogP contribution in [0.25, 0.3) is 0 Å². The van der Waals surface area contributed by atoms with Crippen molar-refractivity contribution in [1.82, 2.24) is 10.2 Å². The number of halogens is 2. The lowest BCUT2D eigenvalue weighted by Crippen LogP contribution is -2.50. The maximum Gasteiger partial charge on any atom is 0.261 e. The largest absolute Gasteiger partial charge is 0.482 e. The van der Waals surface area contributed by atoms with Gasteiger partial charge in [0.25, 0.3) is 5.91 Å². The van der Waals surface area contributed by atoms with Gasteiger partial charge in [-0.2, -0.15) is 0 Å². The Bertz CT molecular complexity index is 887. The first-order valence-corrected chi connectivity index (χ1v) is 11.6. The van der Waals surface area contributed by atoms with E-state index >= 15 is 0 Å². The van der Waals surface area contributed by atoms with E-state index in [1.165, 1.54) is 0 Å². The SMILES string of the molecule is CC[C@H](C(=O)NCC(C)C)N(Cc1ccc(C)cc1)C(=O)COc1ccc(Br)cc1Cl. The van der Waals surface area contributed by atoms with Crippen LogP contribution in [0.5, 0.6) is 5.75 Å². The molecule has 0 aliphatic rings. The highest BCUT2D eigenvalue weighted by molar-refractivity contribution is 9.10. The van der Waals surface area contributed by atoms with Crippen LogP contribution in [-0.4, -0.2) is 35.9 Å². The quantitative estimate of drug-likeness (QED) is 0.468. The zero-order valence-corrected chi connectivity index (χ0v) is 20.8. The second-order valence-corrected chi connectivity index (χ2v) is 9.26. The normalized spacial score (nSPS) is 11.8. The second-order valence-electron chi connectivity index (χ2n) is 7.93. The van der Waals surface area contributed by atoms with Crippen molar-refractivity contribution in [1.29, 1.82) is 0 Å². The zero-order chi connectivity index (χ0) is 23.0. The molecule has 0 aliphatic carbocycles. The lowest BCUT2D eigenvalue weighted by atomic mass is 10.1. The van der Waals surface area contributed by atoms with Gasteiger partial charge in [-0.15, -0.1) is 0 Å². The fourth-order valence-electron chi connectivity index (χ4n) is 3.05. The van der Waals surface area contributed by atoms with Gasteiger partial charge in [-0.3, -0.25) is 9.59 Å². The molecule has 1 N–H and O–H groups in total. The van der Waals surface area contributed by atoms with E-state index in [-0.39, 0.29) is 18.4 Å². The summed E-state index contributed by atoms with van der Waals surface area (Å²) in [5.41, 5.74) is 2.09. The van der Waals surface area contributed by atoms with Gasteiger partial charge in [0.05, 0.1) is 5.02 Å². The summed E-state index contributed by atoms with van der Waals surface area (Å²) in [6.45, 7) is 8.66. The number of ether oxygens (including phenoxy) is 1. The third-order valence-corrected chi connectivity index (χ3v) is 5.58. The van der Waals surface area contributed by atoms with Crippen molar-refractivity contribution < 1.29 is 14.3 Å². The number of rotatable bonds is 10. The van der Waals surface area contributed by atoms with Gasteiger partial charge in [0.1, 0.15) is 11.8 Å². The van der Waals surface area contributed by atoms with Gasteiger partial charge in [0.2, 0.25) is 5.91 Å². The molecule has 1 atom stereocenters. The first-order valence-electron chi connectivity index (χ1n) is 10.4. The van der Waals surface area contributed by atoms with Crippen molar-refractivity contribution in [3.63, 3.8) is 0 Å². The minimum absolute atomic E-state index is 0.154. The van der Waals surface area contributed by atoms with Crippen LogP contribution in [-0.2, 0) is 16.1 Å². The van der Waals surface area contributed by atoms with Gasteiger partial charge in [-0.05, 0) is 43.0 Å². The Hall–Kier alpha value is -2.05. The first-order chi connectivity index (χ1) is 14.7. The molecular formula is C24H30BrClN2O3. The summed E-state index contributed by atoms with van der Waals surface area (Å²) >= 11 is 9.56. The molecule has 0 heterocycles. The van der Waals surface area contributed by atoms with E-state index in [0.717, 1.165) is 15.6 Å². The van der Waals surface area contributed by atoms with Crippen LogP contribution in [0.4, 0.5) is 0 Å². The Morgan fingerprint density at radius 3 is 2.42 bits per heavy atom. The van der Waals surface area contributed by atoms with Crippen LogP contribution in [0.2, 0.25) is 5.02 Å². The summed E-state index contributed by atoms with van der Waals surface area (Å²) in [4.78, 5) is 27.6. The van der Waals surface area contributed by atoms with E-state index in [2.05, 4.69) is 21.2 Å². The molecule has 0 radical (unpaired) electrons. The maximum atomic E-state index is 13.2. The molecule has 2 aromatic carbocycles. The second kappa shape index (κ2) is 12.1. The molecule has 0 saturated carbocycles. The Kier molecular flexibility index (Phi) is 9.85. The van der Waals surface area contributed by atoms with Crippen molar-refractivity contribution >= 4 is 39.3 Å². The molecule has 0 spiro atoms. The molecule has 168 valence electrons. The van der Waals surface area contributed by atoms with E-state index in [4.69, 9.17) is 16.3 Å². The molecule has 2 rings (SSSR count). The van der Waals surface area contributed by atoms with E-state index in [9.17, 15) is 9.59 Å². The Balaban J connectivity index is 2.20. The van der Waals surface area contributed by atoms with Crippen molar-refractivity contribution in [2.45, 2.75) is 46.7 Å². The van der Waals surface area contributed by atoms with Gasteiger partial charge in [0, 0.05) is 17.6 Å². The number of amides is 2. The minimum atomic E-state index is -0.587. The van der Waals surface area contributed by atoms with Crippen molar-refractivity contribution in [2.24, 2.45) is 5.92 Å². The summed E-state index contributed by atoms with van der Waals surface area (Å²) in [7, 11) is 0. The number of nitrogens with one attached hydrogen (secondary N) is 1. The van der Waals surface area contributed by atoms with Crippen LogP contribution in [0.3, 0.4) is 0 Å². The Morgan fingerprint density at radius 1 is 1.16 bits per heavy atom. The molecule has 2 amide bonds. The summed E-state index contributed by atoms with van der Waals surface area (Å²) in [6.07, 6.45) is 0.501. The smallest absolute Gasteiger partial charge is 0.261 e. The first kappa shape index (κ1) is 25.2. The van der Waals surface area contributed by atoms with Crippen LogP contribution in [0.15, 0.2) is 46.9 Å². The standard InChI is InChI=1S/C24H30BrClN2O3/c1-5-21(24(30)27-13-16(2)3)28(14-18-8-6-17(4)7-9-18)23(29)15-31-22-11-10-19(25)12-20(22)26/h6-12,16,21H,5,13-15H2,1-4H3,(H,27,30)/t21-/m1/s1. The highest BCUT2D eigenvalue weighted by Gasteiger charge is 2.29. The summed E-state index contributed by atoms with van der Waals surface area (Å²) in [6, 6.07) is 12.6. The molecule has 0 aliphatic heterocycles. The van der Waals surface area contributed by atoms with Crippen molar-refractivity contribution in [2.75, 3.05) is 13.2 Å². The summed E-state index contributed by atoms with van der Waals surface area (Å²) in [5, 5.41) is 3.36. The van der Waals surface area contributed by atoms with E-state index in [1.54, 1.807) is 23.1 Å². The maximum absolute atomic E-state index is 13.2. The van der Waals surface area contributed by atoms with E-state index in [0.29, 0.717) is 36.2 Å². The summed E-state index contributed by atoms with van der Waals surface area (Å²) in [5.74, 6) is 0.320. The Labute approximate surface area is 198 Å². The zero-order valence-electron chi connectivity index (χ0n) is 18.5. The Morgan fingerprint density at radius 2 is 1.84 bits per heavy atom. The molecule has 7 heteroatoms. The topological polar surface area (TPSA) is 58.6 Å². The van der Waals surface area contributed by atoms with Crippen LogP contribution in [0.1, 0.15) is 38.3 Å². The molecular weight excluding hydrogens is 480 g/mol. The molecule has 0 unspecified atom stereocenters. The molecule has 31 heavy (non-hydrogen) atoms. The van der Waals surface area contributed by atoms with Crippen LogP contribution >= 0.6 is 27.5 Å². The van der Waals surface area contributed by atoms with Gasteiger partial charge >= 0.3 is 0 Å². The minimum Gasteiger partial charge on any atom is -0.482 e. The highest BCUT2D eigenvalue weighted by Crippen LogP contribution is 2.28. The number of nitrogens with zero attached hydrogens (tertiary/aromatic N) is 1. The lowest BCUT2D eigenvalue weighted by Gasteiger charge is -2.31. The fourth-order valence-corrected chi connectivity index (χ4v) is 3.77. The predicted molar refractivity (Wildman–Crippen MR) is 128 cm³/mol. The number of benzene rings is 2. The number of carbonyl (C=O) groups is 2. The van der Waals surface area contributed by atoms with Gasteiger partial charge in [-0.25, -0.2) is 0 Å². The third-order valence-electron chi connectivity index (χ3n) is 4.79. The molecule has 5 nitrogen and oxygen atoms in total. The molecule has 2 aromatic rings. The molecule has 0 aromatic heterocycles. The van der Waals surface area contributed by atoms with Crippen LogP contribution < -0.4 is 10.1 Å². The van der Waals surface area contributed by atoms with Gasteiger partial charge in [0.15, 0.2) is 6.61 Å². The monoisotopic (exact) mass is 508 g/mol. The number of carbonyl (C=O) groups excluding carboxylic acids is 2. The molecule has 0 bridgehead atoms. The number of hydrogen-bond acceptors (Lipinski definition) is 3. The highest BCUT2D eigenvalue weighted by atomic mass is 79.9. The van der Waals surface area contributed by atoms with E-state index < -0.39 is 6.04 Å². The number of aryl methyl sites for hydroxylation is 1. The van der Waals surface area contributed by atoms with Crippen LogP contribution in [0, 0.1) is 12.8 Å². The fraction of sp³-hybridized carbons (Fsp3) is 0.417. The molecule has 0 fully saturated rings. The summed E-state index contributed by atoms with van der Waals surface area (Å²) < 4.78 is 6.51. The molecule has 0 saturated heterocycles. The van der Waals surface area contributed by atoms with Crippen molar-refractivity contribution in [3.05, 3.63) is 63.1 Å². The van der Waals surface area contributed by atoms with Gasteiger partial charge in [-0.1, -0.05) is 78.1 Å². The van der Waals surface area contributed by atoms with Gasteiger partial charge < -0.3 is 15.0 Å². The average molecular weight is 510 g/mol. The van der Waals surface area contributed by atoms with E-state index in [1.807, 2.05) is 52.0 Å². The average Bonchev–Trinajstić information content (AvgIpc) is 2.72. The predicted octanol–water partition coefficient (Wildman–Crippen LogP) is 5.37. The third kappa shape index (κ3) is 7.86. The van der Waals surface area contributed by atoms with Crippen molar-refractivity contribution in [3.8, 4) is 5.75 Å². The number of hydrogen-bond donors (Lipinski definition) is 1.